The van der Waals surface area contributed by atoms with Gasteiger partial charge in [-0.05, 0) is 18.1 Å². The summed E-state index contributed by atoms with van der Waals surface area (Å²) in [5.74, 6) is -5.28. The van der Waals surface area contributed by atoms with Gasteiger partial charge in [-0.15, -0.1) is 0 Å². The Morgan fingerprint density at radius 3 is 2.39 bits per heavy atom. The summed E-state index contributed by atoms with van der Waals surface area (Å²) in [5.41, 5.74) is 1.62. The van der Waals surface area contributed by atoms with E-state index in [0.717, 1.165) is 11.0 Å². The molecule has 118 valence electrons. The number of nitrogens with one attached hydrogen (secondary N) is 1. The fourth-order valence-corrected chi connectivity index (χ4v) is 3.41. The average molecular weight is 360 g/mol. The maximum Gasteiger partial charge on any atom is 2.00 e. The number of fused-ring (bicyclic) bond motifs is 1. The second kappa shape index (κ2) is 8.92. The van der Waals surface area contributed by atoms with Crippen LogP contribution in [0.4, 0.5) is 0 Å². The molecule has 8 heteroatoms. The van der Waals surface area contributed by atoms with E-state index in [1.165, 1.54) is 11.8 Å². The maximum absolute atomic E-state index is 11.3. The summed E-state index contributed by atoms with van der Waals surface area (Å²) in [5, 5.41) is 23.1. The standard InChI is InChI=1S/C15H18N2O4S.Ca/c1-8(2)12(14(20)21)9(13(18)19)7-22-15-16-10-5-3-4-6-11(10)17-15;/h3-6,8-9,12H,7H2,1-2H3,(H,16,17)(H,18,19)(H,20,21);/q;+2/p-2. The zero-order chi connectivity index (χ0) is 16.3. The van der Waals surface area contributed by atoms with E-state index in [-0.39, 0.29) is 49.4 Å². The van der Waals surface area contributed by atoms with Crippen molar-refractivity contribution < 1.29 is 19.8 Å². The number of hydrogen-bond acceptors (Lipinski definition) is 6. The topological polar surface area (TPSA) is 109 Å². The van der Waals surface area contributed by atoms with Crippen molar-refractivity contribution in [3.8, 4) is 0 Å². The van der Waals surface area contributed by atoms with Gasteiger partial charge in [0.2, 0.25) is 0 Å². The summed E-state index contributed by atoms with van der Waals surface area (Å²) < 4.78 is 0. The van der Waals surface area contributed by atoms with Gasteiger partial charge in [0.1, 0.15) is 0 Å². The summed E-state index contributed by atoms with van der Waals surface area (Å²) in [6.07, 6.45) is 0. The SMILES string of the molecule is CC(C)C(C(=O)[O-])C(CSc1nc2ccccc2[nH]1)C(=O)[O-].[Ca+2]. The summed E-state index contributed by atoms with van der Waals surface area (Å²) in [7, 11) is 0. The molecule has 0 fully saturated rings. The molecule has 2 rings (SSSR count). The van der Waals surface area contributed by atoms with E-state index < -0.39 is 23.8 Å². The van der Waals surface area contributed by atoms with Crippen LogP contribution in [0.3, 0.4) is 0 Å². The third-order valence-electron chi connectivity index (χ3n) is 3.49. The Bertz CT molecular complexity index is 656. The molecular formula is C15H16CaN2O4S. The fraction of sp³-hybridized carbons (Fsp3) is 0.400. The number of nitrogens with zero attached hydrogens (tertiary/aromatic N) is 1. The van der Waals surface area contributed by atoms with Gasteiger partial charge in [0.15, 0.2) is 5.16 Å². The number of carbonyl (C=O) groups excluding carboxylic acids is 2. The van der Waals surface area contributed by atoms with Gasteiger partial charge in [0.25, 0.3) is 0 Å². The summed E-state index contributed by atoms with van der Waals surface area (Å²) in [4.78, 5) is 29.9. The predicted octanol–water partition coefficient (Wildman–Crippen LogP) is -0.338. The Hall–Kier alpha value is -0.760. The van der Waals surface area contributed by atoms with Crippen molar-refractivity contribution in [2.45, 2.75) is 19.0 Å². The van der Waals surface area contributed by atoms with E-state index in [1.807, 2.05) is 24.3 Å². The van der Waals surface area contributed by atoms with Crippen molar-refractivity contribution >= 4 is 72.5 Å². The van der Waals surface area contributed by atoms with E-state index in [2.05, 4.69) is 9.97 Å². The van der Waals surface area contributed by atoms with Crippen LogP contribution >= 0.6 is 11.8 Å². The molecular weight excluding hydrogens is 344 g/mol. The number of aromatic nitrogens is 2. The molecule has 0 saturated heterocycles. The number of carboxylic acid groups (broad SMARTS) is 2. The summed E-state index contributed by atoms with van der Waals surface area (Å²) >= 11 is 1.17. The molecule has 1 N–H and O–H groups in total. The largest absolute Gasteiger partial charge is 2.00 e. The molecule has 2 unspecified atom stereocenters. The summed E-state index contributed by atoms with van der Waals surface area (Å²) in [6.45, 7) is 3.31. The summed E-state index contributed by atoms with van der Waals surface area (Å²) in [6, 6.07) is 7.42. The first-order chi connectivity index (χ1) is 10.4. The molecule has 1 aromatic heterocycles. The molecule has 0 spiro atoms. The maximum atomic E-state index is 11.3. The first-order valence-electron chi connectivity index (χ1n) is 6.89. The molecule has 23 heavy (non-hydrogen) atoms. The molecule has 1 heterocycles. The molecule has 0 aliphatic heterocycles. The van der Waals surface area contributed by atoms with Crippen molar-refractivity contribution in [1.29, 1.82) is 0 Å². The number of carboxylic acids is 2. The molecule has 0 amide bonds. The second-order valence-corrected chi connectivity index (χ2v) is 6.39. The number of benzene rings is 1. The first kappa shape index (κ1) is 20.3. The van der Waals surface area contributed by atoms with Crippen molar-refractivity contribution in [1.82, 2.24) is 9.97 Å². The number of para-hydroxylation sites is 2. The molecule has 0 aliphatic rings. The first-order valence-corrected chi connectivity index (χ1v) is 7.88. The van der Waals surface area contributed by atoms with E-state index in [4.69, 9.17) is 0 Å². The average Bonchev–Trinajstić information content (AvgIpc) is 2.84. The minimum Gasteiger partial charge on any atom is -0.550 e. The third-order valence-corrected chi connectivity index (χ3v) is 4.49. The molecule has 2 aromatic rings. The Morgan fingerprint density at radius 1 is 1.22 bits per heavy atom. The minimum absolute atomic E-state index is 0. The fourth-order valence-electron chi connectivity index (χ4n) is 2.39. The van der Waals surface area contributed by atoms with Crippen LogP contribution in [0.15, 0.2) is 29.4 Å². The van der Waals surface area contributed by atoms with Gasteiger partial charge in [0, 0.05) is 29.5 Å². The number of H-pyrrole nitrogens is 1. The number of rotatable bonds is 7. The number of imidazole rings is 1. The van der Waals surface area contributed by atoms with Gasteiger partial charge in [-0.2, -0.15) is 0 Å². The third kappa shape index (κ3) is 5.11. The van der Waals surface area contributed by atoms with Crippen LogP contribution in [0.5, 0.6) is 0 Å². The van der Waals surface area contributed by atoms with Crippen LogP contribution in [-0.2, 0) is 9.59 Å². The van der Waals surface area contributed by atoms with Crippen molar-refractivity contribution in [2.75, 3.05) is 5.75 Å². The molecule has 0 radical (unpaired) electrons. The van der Waals surface area contributed by atoms with Gasteiger partial charge in [0.05, 0.1) is 11.0 Å². The monoisotopic (exact) mass is 360 g/mol. The van der Waals surface area contributed by atoms with Crippen LogP contribution in [0.2, 0.25) is 0 Å². The number of hydrogen-bond donors (Lipinski definition) is 1. The van der Waals surface area contributed by atoms with E-state index in [9.17, 15) is 19.8 Å². The van der Waals surface area contributed by atoms with Crippen LogP contribution in [0, 0.1) is 17.8 Å². The van der Waals surface area contributed by atoms with E-state index >= 15 is 0 Å². The van der Waals surface area contributed by atoms with Crippen LogP contribution in [0.25, 0.3) is 11.0 Å². The number of carbonyl (C=O) groups is 2. The smallest absolute Gasteiger partial charge is 0.550 e. The van der Waals surface area contributed by atoms with Crippen LogP contribution < -0.4 is 10.2 Å². The second-order valence-electron chi connectivity index (χ2n) is 5.38. The number of thioether (sulfide) groups is 1. The Morgan fingerprint density at radius 2 is 1.87 bits per heavy atom. The molecule has 0 bridgehead atoms. The quantitative estimate of drug-likeness (QED) is 0.535. The van der Waals surface area contributed by atoms with Gasteiger partial charge >= 0.3 is 37.7 Å². The van der Waals surface area contributed by atoms with Crippen molar-refractivity contribution in [2.24, 2.45) is 17.8 Å². The van der Waals surface area contributed by atoms with Crippen molar-refractivity contribution in [3.63, 3.8) is 0 Å². The molecule has 0 saturated carbocycles. The van der Waals surface area contributed by atoms with Crippen LogP contribution in [0.1, 0.15) is 13.8 Å². The zero-order valence-corrected chi connectivity index (χ0v) is 16.0. The van der Waals surface area contributed by atoms with Crippen molar-refractivity contribution in [3.05, 3.63) is 24.3 Å². The molecule has 2 atom stereocenters. The van der Waals surface area contributed by atoms with Crippen LogP contribution in [-0.4, -0.2) is 65.4 Å². The Labute approximate surface area is 168 Å². The predicted molar refractivity (Wildman–Crippen MR) is 84.4 cm³/mol. The molecule has 6 nitrogen and oxygen atoms in total. The van der Waals surface area contributed by atoms with Gasteiger partial charge in [-0.1, -0.05) is 37.7 Å². The minimum atomic E-state index is -1.38. The Balaban J connectivity index is 0.00000264. The van der Waals surface area contributed by atoms with E-state index in [0.29, 0.717) is 5.16 Å². The van der Waals surface area contributed by atoms with E-state index in [1.54, 1.807) is 13.8 Å². The Kier molecular flexibility index (Phi) is 7.86. The van der Waals surface area contributed by atoms with Gasteiger partial charge in [-0.3, -0.25) is 0 Å². The number of aromatic amines is 1. The zero-order valence-electron chi connectivity index (χ0n) is 12.9. The number of aliphatic carboxylic acids is 2. The normalized spacial score (nSPS) is 13.5. The molecule has 0 aliphatic carbocycles. The van der Waals surface area contributed by atoms with Gasteiger partial charge < -0.3 is 24.8 Å². The molecule has 1 aromatic carbocycles. The van der Waals surface area contributed by atoms with Gasteiger partial charge in [-0.25, -0.2) is 4.98 Å².